The van der Waals surface area contributed by atoms with E-state index < -0.39 is 0 Å². The Morgan fingerprint density at radius 1 is 1.00 bits per heavy atom. The van der Waals surface area contributed by atoms with Gasteiger partial charge in [0.1, 0.15) is 17.4 Å². The van der Waals surface area contributed by atoms with Crippen LogP contribution in [0.2, 0.25) is 0 Å². The number of carbonyl (C=O) groups excluding carboxylic acids is 1. The second-order valence-electron chi connectivity index (χ2n) is 5.68. The fourth-order valence-corrected chi connectivity index (χ4v) is 3.84. The zero-order chi connectivity index (χ0) is 18.5. The molecule has 2 aromatic carbocycles. The number of hydrogen-bond donors (Lipinski definition) is 1. The first-order chi connectivity index (χ1) is 13.3. The number of rotatable bonds is 6. The second kappa shape index (κ2) is 8.11. The molecule has 0 aliphatic heterocycles. The van der Waals surface area contributed by atoms with E-state index in [2.05, 4.69) is 15.5 Å². The Bertz CT molecular complexity index is 1010. The molecule has 27 heavy (non-hydrogen) atoms. The summed E-state index contributed by atoms with van der Waals surface area (Å²) >= 11 is 2.95. The van der Waals surface area contributed by atoms with E-state index in [9.17, 15) is 4.79 Å². The number of hydrogen-bond acceptors (Lipinski definition) is 6. The van der Waals surface area contributed by atoms with Crippen molar-refractivity contribution < 1.29 is 9.53 Å². The van der Waals surface area contributed by atoms with Gasteiger partial charge in [-0.2, -0.15) is 11.3 Å². The van der Waals surface area contributed by atoms with Crippen molar-refractivity contribution in [3.05, 3.63) is 82.6 Å². The maximum Gasteiger partial charge on any atom is 0.257 e. The zero-order valence-electron chi connectivity index (χ0n) is 14.2. The van der Waals surface area contributed by atoms with Gasteiger partial charge in [-0.05, 0) is 41.3 Å². The van der Waals surface area contributed by atoms with Crippen molar-refractivity contribution in [3.63, 3.8) is 0 Å². The number of anilines is 1. The van der Waals surface area contributed by atoms with Crippen LogP contribution in [0.3, 0.4) is 0 Å². The van der Waals surface area contributed by atoms with E-state index in [1.165, 1.54) is 11.3 Å². The highest BCUT2D eigenvalue weighted by Crippen LogP contribution is 2.28. The smallest absolute Gasteiger partial charge is 0.257 e. The van der Waals surface area contributed by atoms with Gasteiger partial charge in [-0.3, -0.25) is 10.1 Å². The number of nitrogens with one attached hydrogen (secondary N) is 1. The molecule has 4 aromatic rings. The Hall–Kier alpha value is -3.03. The normalized spacial score (nSPS) is 10.5. The van der Waals surface area contributed by atoms with Crippen molar-refractivity contribution in [3.8, 4) is 16.3 Å². The van der Waals surface area contributed by atoms with Gasteiger partial charge in [0.2, 0.25) is 5.13 Å². The van der Waals surface area contributed by atoms with E-state index >= 15 is 0 Å². The topological polar surface area (TPSA) is 64.1 Å². The van der Waals surface area contributed by atoms with Gasteiger partial charge in [-0.1, -0.05) is 41.7 Å². The number of carbonyl (C=O) groups is 1. The summed E-state index contributed by atoms with van der Waals surface area (Å²) < 4.78 is 5.74. The van der Waals surface area contributed by atoms with E-state index in [1.807, 2.05) is 47.2 Å². The van der Waals surface area contributed by atoms with Crippen LogP contribution in [0, 0.1) is 0 Å². The average Bonchev–Trinajstić information content (AvgIpc) is 3.39. The molecule has 0 fully saturated rings. The average molecular weight is 393 g/mol. The minimum absolute atomic E-state index is 0.224. The Kier molecular flexibility index (Phi) is 5.22. The van der Waals surface area contributed by atoms with E-state index in [0.717, 1.165) is 16.1 Å². The third kappa shape index (κ3) is 4.39. The van der Waals surface area contributed by atoms with Crippen molar-refractivity contribution in [1.29, 1.82) is 0 Å². The molecule has 1 N–H and O–H groups in total. The number of benzene rings is 2. The fraction of sp³-hybridized carbons (Fsp3) is 0.0500. The van der Waals surface area contributed by atoms with Crippen molar-refractivity contribution in [2.45, 2.75) is 6.61 Å². The number of thiophene rings is 1. The molecule has 0 radical (unpaired) electrons. The van der Waals surface area contributed by atoms with Gasteiger partial charge in [0.25, 0.3) is 5.91 Å². The van der Waals surface area contributed by atoms with E-state index in [0.29, 0.717) is 23.1 Å². The summed E-state index contributed by atoms with van der Waals surface area (Å²) in [6.07, 6.45) is 0. The number of amides is 1. The molecule has 0 spiro atoms. The third-order valence-electron chi connectivity index (χ3n) is 3.78. The van der Waals surface area contributed by atoms with Gasteiger partial charge in [0, 0.05) is 16.5 Å². The Morgan fingerprint density at radius 2 is 1.81 bits per heavy atom. The molecule has 7 heteroatoms. The molecule has 0 aliphatic rings. The first-order valence-corrected chi connectivity index (χ1v) is 9.98. The molecular formula is C20H15N3O2S2. The summed E-state index contributed by atoms with van der Waals surface area (Å²) in [5.74, 6) is 0.490. The molecule has 5 nitrogen and oxygen atoms in total. The van der Waals surface area contributed by atoms with Crippen LogP contribution < -0.4 is 10.1 Å². The van der Waals surface area contributed by atoms with Crippen LogP contribution in [0.4, 0.5) is 5.13 Å². The molecule has 1 amide bonds. The largest absolute Gasteiger partial charge is 0.489 e. The Morgan fingerprint density at radius 3 is 2.56 bits per heavy atom. The molecule has 4 rings (SSSR count). The van der Waals surface area contributed by atoms with Gasteiger partial charge >= 0.3 is 0 Å². The number of aromatic nitrogens is 2. The quantitative estimate of drug-likeness (QED) is 0.495. The van der Waals surface area contributed by atoms with Crippen LogP contribution in [0.25, 0.3) is 10.6 Å². The third-order valence-corrected chi connectivity index (χ3v) is 5.35. The lowest BCUT2D eigenvalue weighted by molar-refractivity contribution is 0.102. The summed E-state index contributed by atoms with van der Waals surface area (Å²) in [5.41, 5.74) is 2.64. The second-order valence-corrected chi connectivity index (χ2v) is 7.43. The molecule has 0 unspecified atom stereocenters. The minimum Gasteiger partial charge on any atom is -0.489 e. The van der Waals surface area contributed by atoms with Crippen LogP contribution in [-0.4, -0.2) is 16.1 Å². The maximum absolute atomic E-state index is 12.4. The van der Waals surface area contributed by atoms with Gasteiger partial charge in [0.05, 0.1) is 0 Å². The molecule has 134 valence electrons. The van der Waals surface area contributed by atoms with Crippen molar-refractivity contribution in [2.24, 2.45) is 0 Å². The monoisotopic (exact) mass is 393 g/mol. The highest BCUT2D eigenvalue weighted by atomic mass is 32.1. The summed E-state index contributed by atoms with van der Waals surface area (Å²) in [6.45, 7) is 0.489. The van der Waals surface area contributed by atoms with E-state index in [1.54, 1.807) is 35.6 Å². The van der Waals surface area contributed by atoms with E-state index in [-0.39, 0.29) is 5.91 Å². The van der Waals surface area contributed by atoms with Crippen LogP contribution in [0.15, 0.2) is 71.4 Å². The van der Waals surface area contributed by atoms with Crippen LogP contribution in [0.5, 0.6) is 5.75 Å². The zero-order valence-corrected chi connectivity index (χ0v) is 15.8. The van der Waals surface area contributed by atoms with Gasteiger partial charge in [-0.25, -0.2) is 0 Å². The highest BCUT2D eigenvalue weighted by Gasteiger charge is 2.11. The standard InChI is InChI=1S/C20H15N3O2S2/c24-18(21-20-23-22-19(27-20)16-10-11-26-13-16)15-6-8-17(9-7-15)25-12-14-4-2-1-3-5-14/h1-11,13H,12H2,(H,21,23,24). The summed E-state index contributed by atoms with van der Waals surface area (Å²) in [6, 6.07) is 19.0. The Labute approximate surface area is 164 Å². The lowest BCUT2D eigenvalue weighted by Gasteiger charge is -2.07. The SMILES string of the molecule is O=C(Nc1nnc(-c2ccsc2)s1)c1ccc(OCc2ccccc2)cc1. The van der Waals surface area contributed by atoms with Crippen LogP contribution in [-0.2, 0) is 6.61 Å². The van der Waals surface area contributed by atoms with Gasteiger partial charge in [-0.15, -0.1) is 10.2 Å². The number of nitrogens with zero attached hydrogens (tertiary/aromatic N) is 2. The molecule has 0 bridgehead atoms. The van der Waals surface area contributed by atoms with Crippen LogP contribution >= 0.6 is 22.7 Å². The summed E-state index contributed by atoms with van der Waals surface area (Å²) in [4.78, 5) is 12.4. The first-order valence-electron chi connectivity index (χ1n) is 8.22. The molecular weight excluding hydrogens is 378 g/mol. The van der Waals surface area contributed by atoms with Gasteiger partial charge in [0.15, 0.2) is 0 Å². The highest BCUT2D eigenvalue weighted by molar-refractivity contribution is 7.19. The molecule has 0 saturated heterocycles. The molecule has 0 atom stereocenters. The lowest BCUT2D eigenvalue weighted by atomic mass is 10.2. The first kappa shape index (κ1) is 17.4. The number of ether oxygens (including phenoxy) is 1. The van der Waals surface area contributed by atoms with Crippen molar-refractivity contribution in [2.75, 3.05) is 5.32 Å². The summed E-state index contributed by atoms with van der Waals surface area (Å²) in [5, 5.41) is 16.2. The van der Waals surface area contributed by atoms with Crippen molar-refractivity contribution >= 4 is 33.7 Å². The van der Waals surface area contributed by atoms with E-state index in [4.69, 9.17) is 4.74 Å². The van der Waals surface area contributed by atoms with Crippen LogP contribution in [0.1, 0.15) is 15.9 Å². The maximum atomic E-state index is 12.4. The molecule has 0 saturated carbocycles. The molecule has 2 heterocycles. The fourth-order valence-electron chi connectivity index (χ4n) is 2.39. The predicted molar refractivity (Wildman–Crippen MR) is 108 cm³/mol. The lowest BCUT2D eigenvalue weighted by Crippen LogP contribution is -2.11. The molecule has 0 aliphatic carbocycles. The van der Waals surface area contributed by atoms with Gasteiger partial charge < -0.3 is 4.74 Å². The summed E-state index contributed by atoms with van der Waals surface area (Å²) in [7, 11) is 0. The molecule has 2 aromatic heterocycles. The van der Waals surface area contributed by atoms with Crippen molar-refractivity contribution in [1.82, 2.24) is 10.2 Å². The minimum atomic E-state index is -0.224. The predicted octanol–water partition coefficient (Wildman–Crippen LogP) is 5.10. The Balaban J connectivity index is 1.36.